The van der Waals surface area contributed by atoms with E-state index in [-0.39, 0.29) is 29.1 Å². The first-order chi connectivity index (χ1) is 12.5. The van der Waals surface area contributed by atoms with Crippen molar-refractivity contribution in [2.24, 2.45) is 5.92 Å². The molecule has 1 aliphatic heterocycles. The third-order valence-corrected chi connectivity index (χ3v) is 6.71. The predicted octanol–water partition coefficient (Wildman–Crippen LogP) is 2.85. The average Bonchev–Trinajstić information content (AvgIpc) is 3.20. The third-order valence-electron chi connectivity index (χ3n) is 5.49. The number of thiazole rings is 1. The Morgan fingerprint density at radius 1 is 1.42 bits per heavy atom. The normalized spacial score (nSPS) is 25.3. The standard InChI is InChI=1S/C18H26ClN3O3S/c1-11-7-13(21-17(24)15-16(19)20-10-26-15)9-22(11)18(25)14(23)8-12-5-3-2-4-6-12/h10-14,23H,2-9H2,1H3,(H,21,24)/t11?,13?,14-/m0/s1. The molecule has 0 spiro atoms. The molecule has 1 aromatic rings. The number of nitrogens with zero attached hydrogens (tertiary/aromatic N) is 2. The number of carbonyl (C=O) groups excluding carboxylic acids is 2. The minimum absolute atomic E-state index is 0.00858. The van der Waals surface area contributed by atoms with Crippen LogP contribution in [0.1, 0.15) is 61.5 Å². The maximum absolute atomic E-state index is 12.7. The van der Waals surface area contributed by atoms with E-state index in [0.717, 1.165) is 12.8 Å². The quantitative estimate of drug-likeness (QED) is 0.797. The van der Waals surface area contributed by atoms with Gasteiger partial charge in [0.25, 0.3) is 11.8 Å². The summed E-state index contributed by atoms with van der Waals surface area (Å²) in [5, 5.41) is 13.5. The number of aliphatic hydroxyl groups is 1. The maximum Gasteiger partial charge on any atom is 0.264 e. The molecule has 3 rings (SSSR count). The highest BCUT2D eigenvalue weighted by Gasteiger charge is 2.36. The number of aliphatic hydroxyl groups excluding tert-OH is 1. The first-order valence-corrected chi connectivity index (χ1v) is 10.6. The zero-order chi connectivity index (χ0) is 18.7. The lowest BCUT2D eigenvalue weighted by Gasteiger charge is -2.28. The Balaban J connectivity index is 1.53. The molecule has 2 amide bonds. The summed E-state index contributed by atoms with van der Waals surface area (Å²) < 4.78 is 0. The smallest absolute Gasteiger partial charge is 0.264 e. The van der Waals surface area contributed by atoms with Gasteiger partial charge in [0.15, 0.2) is 5.15 Å². The van der Waals surface area contributed by atoms with E-state index in [0.29, 0.717) is 30.2 Å². The molecule has 6 nitrogen and oxygen atoms in total. The molecule has 2 N–H and O–H groups in total. The molecule has 0 bridgehead atoms. The van der Waals surface area contributed by atoms with Crippen molar-refractivity contribution in [1.82, 2.24) is 15.2 Å². The Morgan fingerprint density at radius 3 is 2.81 bits per heavy atom. The summed E-state index contributed by atoms with van der Waals surface area (Å²) in [6, 6.07) is -0.146. The van der Waals surface area contributed by atoms with Gasteiger partial charge < -0.3 is 15.3 Å². The Bertz CT molecular complexity index is 647. The second-order valence-corrected chi connectivity index (χ2v) is 8.69. The lowest BCUT2D eigenvalue weighted by molar-refractivity contribution is -0.141. The second kappa shape index (κ2) is 8.67. The largest absolute Gasteiger partial charge is 0.383 e. The first kappa shape index (κ1) is 19.6. The van der Waals surface area contributed by atoms with Crippen LogP contribution in [0, 0.1) is 5.92 Å². The molecular formula is C18H26ClN3O3S. The fourth-order valence-corrected chi connectivity index (χ4v) is 5.01. The topological polar surface area (TPSA) is 82.5 Å². The fourth-order valence-electron chi connectivity index (χ4n) is 4.10. The number of likely N-dealkylation sites (tertiary alicyclic amines) is 1. The van der Waals surface area contributed by atoms with Crippen LogP contribution in [0.4, 0.5) is 0 Å². The van der Waals surface area contributed by atoms with Crippen molar-refractivity contribution in [3.63, 3.8) is 0 Å². The van der Waals surface area contributed by atoms with E-state index in [1.54, 1.807) is 4.90 Å². The van der Waals surface area contributed by atoms with Crippen LogP contribution in [-0.2, 0) is 4.79 Å². The summed E-state index contributed by atoms with van der Waals surface area (Å²) >= 11 is 7.10. The summed E-state index contributed by atoms with van der Waals surface area (Å²) in [5.41, 5.74) is 1.53. The highest BCUT2D eigenvalue weighted by Crippen LogP contribution is 2.29. The average molecular weight is 400 g/mol. The minimum Gasteiger partial charge on any atom is -0.383 e. The number of rotatable bonds is 5. The van der Waals surface area contributed by atoms with Gasteiger partial charge in [0, 0.05) is 18.6 Å². The van der Waals surface area contributed by atoms with E-state index in [4.69, 9.17) is 11.6 Å². The zero-order valence-electron chi connectivity index (χ0n) is 15.0. The Morgan fingerprint density at radius 2 is 2.15 bits per heavy atom. The Kier molecular flexibility index (Phi) is 6.53. The molecule has 1 aromatic heterocycles. The third kappa shape index (κ3) is 4.56. The van der Waals surface area contributed by atoms with Crippen LogP contribution in [-0.4, -0.2) is 51.5 Å². The SMILES string of the molecule is CC1CC(NC(=O)c2scnc2Cl)CN1C(=O)[C@@H](O)CC1CCCCC1. The van der Waals surface area contributed by atoms with Gasteiger partial charge >= 0.3 is 0 Å². The van der Waals surface area contributed by atoms with Crippen molar-refractivity contribution in [1.29, 1.82) is 0 Å². The second-order valence-electron chi connectivity index (χ2n) is 7.47. The molecule has 26 heavy (non-hydrogen) atoms. The van der Waals surface area contributed by atoms with Gasteiger partial charge in [-0.15, -0.1) is 11.3 Å². The number of hydrogen-bond acceptors (Lipinski definition) is 5. The zero-order valence-corrected chi connectivity index (χ0v) is 16.6. The first-order valence-electron chi connectivity index (χ1n) is 9.34. The molecule has 1 aliphatic carbocycles. The van der Waals surface area contributed by atoms with Gasteiger partial charge in [0.2, 0.25) is 0 Å². The van der Waals surface area contributed by atoms with Gasteiger partial charge in [-0.1, -0.05) is 43.7 Å². The summed E-state index contributed by atoms with van der Waals surface area (Å²) in [6.07, 6.45) is 6.14. The lowest BCUT2D eigenvalue weighted by atomic mass is 9.85. The number of amides is 2. The van der Waals surface area contributed by atoms with E-state index < -0.39 is 6.10 Å². The number of hydrogen-bond donors (Lipinski definition) is 2. The molecular weight excluding hydrogens is 374 g/mol. The van der Waals surface area contributed by atoms with Crippen LogP contribution in [0.3, 0.4) is 0 Å². The van der Waals surface area contributed by atoms with Crippen molar-refractivity contribution in [3.8, 4) is 0 Å². The number of halogens is 1. The molecule has 8 heteroatoms. The molecule has 144 valence electrons. The van der Waals surface area contributed by atoms with Gasteiger partial charge in [0.1, 0.15) is 11.0 Å². The summed E-state index contributed by atoms with van der Waals surface area (Å²) in [6.45, 7) is 2.38. The van der Waals surface area contributed by atoms with E-state index in [1.165, 1.54) is 36.1 Å². The van der Waals surface area contributed by atoms with Crippen LogP contribution >= 0.6 is 22.9 Å². The van der Waals surface area contributed by atoms with Crippen molar-refractivity contribution in [2.75, 3.05) is 6.54 Å². The van der Waals surface area contributed by atoms with E-state index in [1.807, 2.05) is 6.92 Å². The van der Waals surface area contributed by atoms with Crippen LogP contribution < -0.4 is 5.32 Å². The van der Waals surface area contributed by atoms with Crippen LogP contribution in [0.5, 0.6) is 0 Å². The molecule has 1 saturated carbocycles. The molecule has 2 aliphatic rings. The van der Waals surface area contributed by atoms with E-state index in [9.17, 15) is 14.7 Å². The van der Waals surface area contributed by atoms with Gasteiger partial charge in [0.05, 0.1) is 5.51 Å². The van der Waals surface area contributed by atoms with Crippen molar-refractivity contribution in [2.45, 2.75) is 70.1 Å². The van der Waals surface area contributed by atoms with Crippen LogP contribution in [0.25, 0.3) is 0 Å². The Hall–Kier alpha value is -1.18. The fraction of sp³-hybridized carbons (Fsp3) is 0.722. The molecule has 1 saturated heterocycles. The monoisotopic (exact) mass is 399 g/mol. The highest BCUT2D eigenvalue weighted by atomic mass is 35.5. The molecule has 0 radical (unpaired) electrons. The number of aromatic nitrogens is 1. The van der Waals surface area contributed by atoms with Crippen molar-refractivity contribution >= 4 is 34.8 Å². The van der Waals surface area contributed by atoms with Gasteiger partial charge in [-0.2, -0.15) is 0 Å². The van der Waals surface area contributed by atoms with Crippen LogP contribution in [0.2, 0.25) is 5.15 Å². The Labute approximate surface area is 162 Å². The van der Waals surface area contributed by atoms with Gasteiger partial charge in [-0.05, 0) is 25.7 Å². The molecule has 2 unspecified atom stereocenters. The van der Waals surface area contributed by atoms with Gasteiger partial charge in [-0.25, -0.2) is 4.98 Å². The van der Waals surface area contributed by atoms with Crippen LogP contribution in [0.15, 0.2) is 5.51 Å². The minimum atomic E-state index is -0.939. The summed E-state index contributed by atoms with van der Waals surface area (Å²) in [5.74, 6) is -0.0213. The van der Waals surface area contributed by atoms with Crippen molar-refractivity contribution < 1.29 is 14.7 Å². The predicted molar refractivity (Wildman–Crippen MR) is 101 cm³/mol. The van der Waals surface area contributed by atoms with E-state index >= 15 is 0 Å². The highest BCUT2D eigenvalue weighted by molar-refractivity contribution is 7.12. The molecule has 2 heterocycles. The maximum atomic E-state index is 12.7. The molecule has 0 aromatic carbocycles. The van der Waals surface area contributed by atoms with Crippen molar-refractivity contribution in [3.05, 3.63) is 15.5 Å². The molecule has 2 fully saturated rings. The van der Waals surface area contributed by atoms with E-state index in [2.05, 4.69) is 10.3 Å². The summed E-state index contributed by atoms with van der Waals surface area (Å²) in [4.78, 5) is 30.9. The lowest BCUT2D eigenvalue weighted by Crippen LogP contribution is -2.44. The number of nitrogens with one attached hydrogen (secondary N) is 1. The summed E-state index contributed by atoms with van der Waals surface area (Å²) in [7, 11) is 0. The number of carbonyl (C=O) groups is 2. The van der Waals surface area contributed by atoms with Gasteiger partial charge in [-0.3, -0.25) is 9.59 Å². The molecule has 3 atom stereocenters.